The van der Waals surface area contributed by atoms with Crippen molar-refractivity contribution in [2.75, 3.05) is 19.1 Å². The van der Waals surface area contributed by atoms with E-state index in [4.69, 9.17) is 0 Å². The number of sulfone groups is 2. The number of rotatable bonds is 7. The molecule has 0 fully saturated rings. The molecule has 0 aromatic heterocycles. The van der Waals surface area contributed by atoms with E-state index in [1.165, 1.54) is 0 Å². The lowest BCUT2D eigenvalue weighted by molar-refractivity contribution is -0.116. The molecule has 1 amide bonds. The average molecular weight is 283 g/mol. The predicted octanol–water partition coefficient (Wildman–Crippen LogP) is -0.516. The van der Waals surface area contributed by atoms with Crippen LogP contribution in [-0.4, -0.2) is 46.4 Å². The van der Waals surface area contributed by atoms with E-state index in [0.29, 0.717) is 0 Å². The molecule has 0 aromatic rings. The molecule has 0 saturated heterocycles. The van der Waals surface area contributed by atoms with Crippen molar-refractivity contribution in [1.82, 2.24) is 5.32 Å². The summed E-state index contributed by atoms with van der Waals surface area (Å²) in [6.45, 7) is 3.46. The Morgan fingerprint density at radius 3 is 2.06 bits per heavy atom. The lowest BCUT2D eigenvalue weighted by atomic mass is 10.3. The van der Waals surface area contributed by atoms with Crippen molar-refractivity contribution in [3.05, 3.63) is 12.7 Å². The highest BCUT2D eigenvalue weighted by Crippen LogP contribution is 2.13. The molecule has 1 N–H and O–H groups in total. The molecule has 0 aliphatic rings. The van der Waals surface area contributed by atoms with Crippen molar-refractivity contribution in [3.8, 4) is 0 Å². The molecule has 0 atom stereocenters. The van der Waals surface area contributed by atoms with Crippen molar-refractivity contribution < 1.29 is 21.6 Å². The van der Waals surface area contributed by atoms with Crippen LogP contribution in [0.1, 0.15) is 12.8 Å². The second-order valence-corrected chi connectivity index (χ2v) is 8.48. The lowest BCUT2D eigenvalue weighted by Crippen LogP contribution is -2.30. The van der Waals surface area contributed by atoms with Gasteiger partial charge >= 0.3 is 0 Å². The second-order valence-electron chi connectivity index (χ2n) is 3.73. The largest absolute Gasteiger partial charge is 0.353 e. The number of carbonyl (C=O) groups is 1. The smallest absolute Gasteiger partial charge is 0.243 e. The summed E-state index contributed by atoms with van der Waals surface area (Å²) in [5, 5.41) is 2.44. The summed E-state index contributed by atoms with van der Waals surface area (Å²) in [5.41, 5.74) is 0. The van der Waals surface area contributed by atoms with Crippen molar-refractivity contribution in [2.24, 2.45) is 0 Å². The van der Waals surface area contributed by atoms with Crippen molar-refractivity contribution in [3.63, 3.8) is 0 Å². The molecule has 0 heterocycles. The van der Waals surface area contributed by atoms with Crippen LogP contribution in [-0.2, 0) is 24.5 Å². The van der Waals surface area contributed by atoms with Gasteiger partial charge in [0, 0.05) is 19.1 Å². The topological polar surface area (TPSA) is 97.4 Å². The highest BCUT2D eigenvalue weighted by Gasteiger charge is 2.30. The Hall–Kier alpha value is -0.890. The predicted molar refractivity (Wildman–Crippen MR) is 65.9 cm³/mol. The monoisotopic (exact) mass is 283 g/mol. The molecule has 0 aliphatic carbocycles. The van der Waals surface area contributed by atoms with E-state index in [1.54, 1.807) is 0 Å². The summed E-state index contributed by atoms with van der Waals surface area (Å²) in [4.78, 5) is 10.8. The minimum atomic E-state index is -3.65. The van der Waals surface area contributed by atoms with E-state index >= 15 is 0 Å². The molecule has 0 radical (unpaired) electrons. The van der Waals surface area contributed by atoms with Crippen LogP contribution < -0.4 is 5.32 Å². The van der Waals surface area contributed by atoms with Gasteiger partial charge in [0.15, 0.2) is 24.3 Å². The minimum Gasteiger partial charge on any atom is -0.353 e. The summed E-state index contributed by atoms with van der Waals surface area (Å²) in [6, 6.07) is 0. The Kier molecular flexibility index (Phi) is 5.83. The molecule has 0 bridgehead atoms. The zero-order chi connectivity index (χ0) is 13.7. The van der Waals surface area contributed by atoms with Crippen LogP contribution in [0.3, 0.4) is 0 Å². The maximum Gasteiger partial charge on any atom is 0.243 e. The van der Waals surface area contributed by atoms with Crippen LogP contribution in [0.15, 0.2) is 12.7 Å². The maximum atomic E-state index is 11.3. The summed E-state index contributed by atoms with van der Waals surface area (Å²) < 4.78 is 43.7. The standard InChI is InChI=1S/C9H17NO5S2/c1-4-8(11)10-7-5-6-9(16(2,12)13)17(3,14)15/h4,9H,1,5-7H2,2-3H3,(H,10,11). The van der Waals surface area contributed by atoms with Gasteiger partial charge in [-0.2, -0.15) is 0 Å². The quantitative estimate of drug-likeness (QED) is 0.501. The van der Waals surface area contributed by atoms with Gasteiger partial charge in [0.05, 0.1) is 0 Å². The molecule has 0 aliphatic heterocycles. The lowest BCUT2D eigenvalue weighted by Gasteiger charge is -2.12. The third-order valence-electron chi connectivity index (χ3n) is 2.06. The summed E-state index contributed by atoms with van der Waals surface area (Å²) in [6.07, 6.45) is 3.10. The third-order valence-corrected chi connectivity index (χ3v) is 6.54. The number of amides is 1. The van der Waals surface area contributed by atoms with Crippen LogP contribution in [0.25, 0.3) is 0 Å². The number of hydrogen-bond donors (Lipinski definition) is 1. The SMILES string of the molecule is C=CC(=O)NCCCC(S(C)(=O)=O)S(C)(=O)=O. The number of hydrogen-bond acceptors (Lipinski definition) is 5. The summed E-state index contributed by atoms with van der Waals surface area (Å²) >= 11 is 0. The number of nitrogens with one attached hydrogen (secondary N) is 1. The molecular formula is C9H17NO5S2. The van der Waals surface area contributed by atoms with Gasteiger partial charge in [0.1, 0.15) is 0 Å². The van der Waals surface area contributed by atoms with Crippen molar-refractivity contribution in [1.29, 1.82) is 0 Å². The maximum absolute atomic E-state index is 11.3. The molecule has 0 aromatic carbocycles. The van der Waals surface area contributed by atoms with Gasteiger partial charge < -0.3 is 5.32 Å². The molecule has 0 spiro atoms. The third kappa shape index (κ3) is 6.42. The van der Waals surface area contributed by atoms with E-state index < -0.39 is 24.3 Å². The Morgan fingerprint density at radius 2 is 1.71 bits per heavy atom. The summed E-state index contributed by atoms with van der Waals surface area (Å²) in [5.74, 6) is -0.375. The Morgan fingerprint density at radius 1 is 1.24 bits per heavy atom. The van der Waals surface area contributed by atoms with Gasteiger partial charge in [-0.15, -0.1) is 0 Å². The second kappa shape index (κ2) is 6.15. The van der Waals surface area contributed by atoms with E-state index in [1.807, 2.05) is 0 Å². The van der Waals surface area contributed by atoms with E-state index in [0.717, 1.165) is 18.6 Å². The van der Waals surface area contributed by atoms with Gasteiger partial charge in [0.25, 0.3) is 0 Å². The van der Waals surface area contributed by atoms with Gasteiger partial charge in [-0.1, -0.05) is 6.58 Å². The molecule has 0 rings (SSSR count). The van der Waals surface area contributed by atoms with Gasteiger partial charge in [-0.25, -0.2) is 16.8 Å². The van der Waals surface area contributed by atoms with Gasteiger partial charge in [-0.05, 0) is 18.9 Å². The van der Waals surface area contributed by atoms with Crippen LogP contribution in [0.5, 0.6) is 0 Å². The zero-order valence-corrected chi connectivity index (χ0v) is 11.5. The first-order valence-corrected chi connectivity index (χ1v) is 8.78. The van der Waals surface area contributed by atoms with E-state index in [2.05, 4.69) is 11.9 Å². The first-order chi connectivity index (χ1) is 7.59. The normalized spacial score (nSPS) is 12.4. The van der Waals surface area contributed by atoms with Crippen molar-refractivity contribution in [2.45, 2.75) is 17.4 Å². The van der Waals surface area contributed by atoms with Gasteiger partial charge in [-0.3, -0.25) is 4.79 Å². The highest BCUT2D eigenvalue weighted by atomic mass is 32.3. The molecule has 6 nitrogen and oxygen atoms in total. The molecule has 0 unspecified atom stereocenters. The average Bonchev–Trinajstić information content (AvgIpc) is 2.12. The minimum absolute atomic E-state index is 0.0326. The Labute approximate surface area is 102 Å². The Bertz CT molecular complexity index is 446. The zero-order valence-electron chi connectivity index (χ0n) is 9.84. The fourth-order valence-corrected chi connectivity index (χ4v) is 5.03. The fourth-order valence-electron chi connectivity index (χ4n) is 1.30. The molecule has 100 valence electrons. The highest BCUT2D eigenvalue weighted by molar-refractivity contribution is 8.08. The first kappa shape index (κ1) is 16.1. The van der Waals surface area contributed by atoms with E-state index in [-0.39, 0.29) is 25.3 Å². The summed E-state index contributed by atoms with van der Waals surface area (Å²) in [7, 11) is -7.30. The van der Waals surface area contributed by atoms with Crippen LogP contribution in [0, 0.1) is 0 Å². The molecular weight excluding hydrogens is 266 g/mol. The van der Waals surface area contributed by atoms with Crippen LogP contribution >= 0.6 is 0 Å². The fraction of sp³-hybridized carbons (Fsp3) is 0.667. The van der Waals surface area contributed by atoms with E-state index in [9.17, 15) is 21.6 Å². The van der Waals surface area contributed by atoms with Gasteiger partial charge in [0.2, 0.25) is 5.91 Å². The number of carbonyl (C=O) groups excluding carboxylic acids is 1. The molecule has 8 heteroatoms. The molecule has 0 saturated carbocycles. The first-order valence-electron chi connectivity index (χ1n) is 4.87. The van der Waals surface area contributed by atoms with Crippen molar-refractivity contribution >= 4 is 25.6 Å². The van der Waals surface area contributed by atoms with Crippen LogP contribution in [0.4, 0.5) is 0 Å². The molecule has 17 heavy (non-hydrogen) atoms. The Balaban J connectivity index is 4.42. The van der Waals surface area contributed by atoms with Crippen LogP contribution in [0.2, 0.25) is 0 Å².